The highest BCUT2D eigenvalue weighted by atomic mass is 16.7. The number of aryl methyl sites for hydroxylation is 1. The summed E-state index contributed by atoms with van der Waals surface area (Å²) in [7, 11) is -0.425. The highest BCUT2D eigenvalue weighted by Crippen LogP contribution is 2.51. The fraction of sp³-hybridized carbons (Fsp3) is 0.0654. The van der Waals surface area contributed by atoms with Gasteiger partial charge in [0.1, 0.15) is 44.7 Å². The van der Waals surface area contributed by atoms with Crippen LogP contribution in [0.3, 0.4) is 0 Å². The van der Waals surface area contributed by atoms with E-state index in [0.717, 1.165) is 82.4 Å². The molecule has 0 saturated carbocycles. The van der Waals surface area contributed by atoms with Gasteiger partial charge in [-0.15, -0.1) is 0 Å². The zero-order valence-corrected chi connectivity index (χ0v) is 63.4. The van der Waals surface area contributed by atoms with Gasteiger partial charge in [0.2, 0.25) is 0 Å². The lowest BCUT2D eigenvalue weighted by molar-refractivity contribution is 0.00578. The molecule has 5 heterocycles. The minimum Gasteiger partial charge on any atom is -0.456 e. The molecule has 0 spiro atoms. The topological polar surface area (TPSA) is 71.0 Å². The van der Waals surface area contributed by atoms with Gasteiger partial charge in [-0.3, -0.25) is 0 Å². The number of hydrogen-bond acceptors (Lipinski definition) is 6. The smallest absolute Gasteiger partial charge is 0.456 e. The van der Waals surface area contributed by atoms with Crippen LogP contribution in [0.5, 0.6) is 0 Å². The van der Waals surface area contributed by atoms with Gasteiger partial charge < -0.3 is 27.0 Å². The lowest BCUT2D eigenvalue weighted by Crippen LogP contribution is -2.41. The summed E-state index contributed by atoms with van der Waals surface area (Å²) in [5, 5.41) is 33.6. The minimum absolute atomic E-state index is 0.395. The number of hydrogen-bond donors (Lipinski definition) is 0. The second-order valence-corrected chi connectivity index (χ2v) is 31.7. The quantitative estimate of drug-likeness (QED) is 0.129. The molecule has 6 nitrogen and oxygen atoms in total. The van der Waals surface area contributed by atoms with Crippen molar-refractivity contribution in [1.82, 2.24) is 0 Å². The Kier molecular flexibility index (Phi) is 14.5. The Morgan fingerprint density at radius 3 is 0.912 bits per heavy atom. The van der Waals surface area contributed by atoms with Gasteiger partial charge in [-0.2, -0.15) is 0 Å². The first-order chi connectivity index (χ1) is 55.9. The monoisotopic (exact) mass is 1460 g/mol. The second kappa shape index (κ2) is 25.1. The molecule has 24 aromatic rings. The molecule has 1 aliphatic heterocycles. The highest BCUT2D eigenvalue weighted by molar-refractivity contribution is 6.69. The Morgan fingerprint density at radius 2 is 0.491 bits per heavy atom. The average Bonchev–Trinajstić information content (AvgIpc) is 1.26. The van der Waals surface area contributed by atoms with Crippen LogP contribution < -0.4 is 5.46 Å². The molecule has 1 saturated heterocycles. The van der Waals surface area contributed by atoms with Crippen LogP contribution >= 0.6 is 0 Å². The zero-order chi connectivity index (χ0) is 75.8. The number of rotatable bonds is 4. The van der Waals surface area contributed by atoms with Crippen molar-refractivity contribution in [3.63, 3.8) is 0 Å². The summed E-state index contributed by atoms with van der Waals surface area (Å²) in [6.45, 7) is 10.6. The molecule has 0 unspecified atom stereocenters. The van der Waals surface area contributed by atoms with Crippen LogP contribution in [-0.4, -0.2) is 18.3 Å². The molecule has 20 aromatic carbocycles. The third-order valence-corrected chi connectivity index (χ3v) is 24.9. The van der Waals surface area contributed by atoms with Crippen LogP contribution in [-0.2, 0) is 9.31 Å². The first-order valence-corrected chi connectivity index (χ1v) is 39.3. The van der Waals surface area contributed by atoms with Gasteiger partial charge in [0, 0.05) is 55.2 Å². The van der Waals surface area contributed by atoms with Gasteiger partial charge in [-0.25, -0.2) is 0 Å². The SMILES string of the molecule is CC1(C)OB(c2c3ccccc3c(-c3cccc4ccccc34)c3ccccc23)OC1(C)C.Cc1cc2oc3cc4oc5ccc6ccccc6c5c4cc3c2c2ccccc12.c1ccc2c(-c3c4ccccc4c(-c4cc5oc6cc7oc8ccc9ccccc9c8c7cc6c5c5ccccc45)c4ccccc34)cccc2c1. The summed E-state index contributed by atoms with van der Waals surface area (Å²) in [6.07, 6.45) is 0. The predicted molar refractivity (Wildman–Crippen MR) is 480 cm³/mol. The van der Waals surface area contributed by atoms with E-state index in [2.05, 4.69) is 368 Å². The van der Waals surface area contributed by atoms with E-state index >= 15 is 0 Å². The van der Waals surface area contributed by atoms with Gasteiger partial charge in [-0.05, 0) is 223 Å². The van der Waals surface area contributed by atoms with Crippen molar-refractivity contribution in [2.75, 3.05) is 0 Å². The Hall–Kier alpha value is -13.8. The third-order valence-electron chi connectivity index (χ3n) is 24.9. The number of benzene rings is 20. The Bertz CT molecular complexity index is 8090. The summed E-state index contributed by atoms with van der Waals surface area (Å²) in [6, 6.07) is 122. The maximum absolute atomic E-state index is 6.82. The van der Waals surface area contributed by atoms with Crippen molar-refractivity contribution in [3.05, 3.63) is 345 Å². The molecule has 0 amide bonds. The lowest BCUT2D eigenvalue weighted by Gasteiger charge is -2.32. The van der Waals surface area contributed by atoms with Gasteiger partial charge >= 0.3 is 7.12 Å². The van der Waals surface area contributed by atoms with Crippen LogP contribution in [0.25, 0.3) is 229 Å². The van der Waals surface area contributed by atoms with E-state index in [-0.39, 0.29) is 0 Å². The fourth-order valence-electron chi connectivity index (χ4n) is 19.0. The van der Waals surface area contributed by atoms with Crippen molar-refractivity contribution in [2.24, 2.45) is 0 Å². The number of fused-ring (bicyclic) bond motifs is 26. The molecule has 25 rings (SSSR count). The molecular formula is C107H71BO6. The van der Waals surface area contributed by atoms with E-state index in [1.165, 1.54) is 157 Å². The van der Waals surface area contributed by atoms with E-state index in [0.29, 0.717) is 0 Å². The summed E-state index contributed by atoms with van der Waals surface area (Å²) >= 11 is 0. The van der Waals surface area contributed by atoms with Gasteiger partial charge in [0.05, 0.1) is 11.2 Å². The minimum atomic E-state index is -0.425. The maximum atomic E-state index is 6.82. The first-order valence-electron chi connectivity index (χ1n) is 39.3. The van der Waals surface area contributed by atoms with Crippen molar-refractivity contribution in [2.45, 2.75) is 45.8 Å². The Balaban J connectivity index is 0.000000107. The maximum Gasteiger partial charge on any atom is 0.496 e. The van der Waals surface area contributed by atoms with Crippen molar-refractivity contribution in [1.29, 1.82) is 0 Å². The highest BCUT2D eigenvalue weighted by Gasteiger charge is 2.52. The Labute approximate surface area is 655 Å². The van der Waals surface area contributed by atoms with E-state index in [1.54, 1.807) is 0 Å². The van der Waals surface area contributed by atoms with Crippen LogP contribution in [0.2, 0.25) is 0 Å². The largest absolute Gasteiger partial charge is 0.496 e. The van der Waals surface area contributed by atoms with E-state index < -0.39 is 18.3 Å². The standard InChI is InChI=1S/C50H28O2.C30H27BO2.C27H16O2/c1-3-15-31-29(12-1)14-11-23-34(31)47-36-19-7-9-21-38(36)48(39-22-10-8-20-37(39)47)40-27-46-50(35-18-6-5-17-33(35)40)42-26-41-44(28-45(42)52-46)51-43-25-24-30-13-2-4-16-32(30)49(41)43;1-29(2)30(3,4)33-31(32-29)28-25-17-9-7-15-23(25)27(24-16-8-10-18-26(24)28)22-19-11-13-20-12-5-6-14-21(20)22;1-15-12-25-27(19-9-5-4-7-17(15)19)21-13-20-23(14-24(21)29-25)28-22-11-10-16-6-2-3-8-18(16)26(20)22/h1-28H;5-19H,1-4H3;2-14H,1H3. The van der Waals surface area contributed by atoms with Crippen molar-refractivity contribution >= 4 is 208 Å². The molecule has 7 heteroatoms. The molecule has 0 bridgehead atoms. The normalized spacial score (nSPS) is 13.7. The fourth-order valence-corrected chi connectivity index (χ4v) is 19.0. The summed E-state index contributed by atoms with van der Waals surface area (Å²) in [5.41, 5.74) is 16.0. The molecule has 0 N–H and O–H groups in total. The lowest BCUT2D eigenvalue weighted by atomic mass is 9.71. The van der Waals surface area contributed by atoms with Crippen LogP contribution in [0.4, 0.5) is 0 Å². The van der Waals surface area contributed by atoms with Gasteiger partial charge in [0.15, 0.2) is 0 Å². The zero-order valence-electron chi connectivity index (χ0n) is 63.4. The van der Waals surface area contributed by atoms with E-state index in [9.17, 15) is 0 Å². The molecule has 1 fully saturated rings. The summed E-state index contributed by atoms with van der Waals surface area (Å²) in [5.74, 6) is 0. The molecule has 114 heavy (non-hydrogen) atoms. The second-order valence-electron chi connectivity index (χ2n) is 31.7. The van der Waals surface area contributed by atoms with Crippen LogP contribution in [0, 0.1) is 6.92 Å². The molecule has 0 radical (unpaired) electrons. The molecule has 4 aromatic heterocycles. The first kappa shape index (κ1) is 66.0. The van der Waals surface area contributed by atoms with Crippen molar-refractivity contribution in [3.8, 4) is 33.4 Å². The third kappa shape index (κ3) is 9.96. The molecule has 0 aliphatic carbocycles. The molecule has 1 aliphatic rings. The molecule has 538 valence electrons. The van der Waals surface area contributed by atoms with E-state index in [4.69, 9.17) is 27.0 Å². The van der Waals surface area contributed by atoms with Crippen LogP contribution in [0.15, 0.2) is 357 Å². The van der Waals surface area contributed by atoms with Crippen molar-refractivity contribution < 1.29 is 27.0 Å². The number of furan rings is 4. The molecule has 0 atom stereocenters. The summed E-state index contributed by atoms with van der Waals surface area (Å²) < 4.78 is 38.9. The molecular weight excluding hydrogens is 1390 g/mol. The Morgan fingerprint density at radius 1 is 0.202 bits per heavy atom. The predicted octanol–water partition coefficient (Wildman–Crippen LogP) is 29.8. The van der Waals surface area contributed by atoms with Gasteiger partial charge in [-0.1, -0.05) is 291 Å². The summed E-state index contributed by atoms with van der Waals surface area (Å²) in [4.78, 5) is 0. The van der Waals surface area contributed by atoms with Crippen LogP contribution in [0.1, 0.15) is 33.3 Å². The average molecular weight is 1460 g/mol. The van der Waals surface area contributed by atoms with E-state index in [1.807, 2.05) is 6.07 Å². The van der Waals surface area contributed by atoms with Gasteiger partial charge in [0.25, 0.3) is 0 Å².